The molecule has 0 saturated heterocycles. The molecular formula is C12H18N2O2. The van der Waals surface area contributed by atoms with E-state index in [1.54, 1.807) is 7.11 Å². The Labute approximate surface area is 96.0 Å². The van der Waals surface area contributed by atoms with Gasteiger partial charge in [0, 0.05) is 26.6 Å². The Kier molecular flexibility index (Phi) is 5.36. The molecule has 1 rings (SSSR count). The topological polar surface area (TPSA) is 50.4 Å². The minimum Gasteiger partial charge on any atom is -0.497 e. The van der Waals surface area contributed by atoms with Crippen molar-refractivity contribution in [2.75, 3.05) is 20.2 Å². The van der Waals surface area contributed by atoms with Crippen LogP contribution in [0.2, 0.25) is 0 Å². The van der Waals surface area contributed by atoms with Crippen molar-refractivity contribution in [1.29, 1.82) is 0 Å². The number of rotatable bonds is 6. The molecule has 16 heavy (non-hydrogen) atoms. The zero-order valence-corrected chi connectivity index (χ0v) is 9.75. The summed E-state index contributed by atoms with van der Waals surface area (Å²) in [5.74, 6) is 0.865. The van der Waals surface area contributed by atoms with E-state index in [2.05, 4.69) is 10.6 Å². The minimum atomic E-state index is 0.00294. The fourth-order valence-electron chi connectivity index (χ4n) is 1.34. The number of carbonyl (C=O) groups excluding carboxylic acids is 1. The maximum absolute atomic E-state index is 10.6. The SMILES string of the molecule is COc1cccc(CNCCNC(C)=O)c1. The third-order valence-corrected chi connectivity index (χ3v) is 2.14. The maximum Gasteiger partial charge on any atom is 0.216 e. The molecule has 0 radical (unpaired) electrons. The van der Waals surface area contributed by atoms with Gasteiger partial charge in [0.25, 0.3) is 0 Å². The van der Waals surface area contributed by atoms with E-state index in [-0.39, 0.29) is 5.91 Å². The number of benzene rings is 1. The first-order valence-electron chi connectivity index (χ1n) is 5.30. The third-order valence-electron chi connectivity index (χ3n) is 2.14. The number of nitrogens with one attached hydrogen (secondary N) is 2. The minimum absolute atomic E-state index is 0.00294. The maximum atomic E-state index is 10.6. The molecule has 0 aliphatic heterocycles. The summed E-state index contributed by atoms with van der Waals surface area (Å²) in [7, 11) is 1.66. The van der Waals surface area contributed by atoms with Crippen LogP contribution >= 0.6 is 0 Å². The molecule has 1 aromatic rings. The van der Waals surface area contributed by atoms with Crippen LogP contribution in [-0.4, -0.2) is 26.1 Å². The van der Waals surface area contributed by atoms with Crippen LogP contribution in [0.15, 0.2) is 24.3 Å². The van der Waals surface area contributed by atoms with Crippen molar-refractivity contribution in [2.45, 2.75) is 13.5 Å². The molecule has 0 aromatic heterocycles. The molecular weight excluding hydrogens is 204 g/mol. The lowest BCUT2D eigenvalue weighted by Crippen LogP contribution is -2.29. The number of ether oxygens (including phenoxy) is 1. The van der Waals surface area contributed by atoms with Crippen LogP contribution in [0.1, 0.15) is 12.5 Å². The summed E-state index contributed by atoms with van der Waals surface area (Å²) in [5, 5.41) is 5.97. The van der Waals surface area contributed by atoms with E-state index in [9.17, 15) is 4.79 Å². The molecule has 0 unspecified atom stereocenters. The average molecular weight is 222 g/mol. The number of methoxy groups -OCH3 is 1. The first-order valence-corrected chi connectivity index (χ1v) is 5.30. The molecule has 1 aromatic carbocycles. The molecule has 4 heteroatoms. The van der Waals surface area contributed by atoms with Crippen molar-refractivity contribution >= 4 is 5.91 Å². The Morgan fingerprint density at radius 3 is 2.88 bits per heavy atom. The standard InChI is InChI=1S/C12H18N2O2/c1-10(15)14-7-6-13-9-11-4-3-5-12(8-11)16-2/h3-5,8,13H,6-7,9H2,1-2H3,(H,14,15). The molecule has 1 amide bonds. The van der Waals surface area contributed by atoms with Crippen LogP contribution in [-0.2, 0) is 11.3 Å². The van der Waals surface area contributed by atoms with Crippen LogP contribution in [0, 0.1) is 0 Å². The molecule has 0 bridgehead atoms. The van der Waals surface area contributed by atoms with Crippen molar-refractivity contribution in [1.82, 2.24) is 10.6 Å². The molecule has 0 spiro atoms. The van der Waals surface area contributed by atoms with Crippen LogP contribution in [0.5, 0.6) is 5.75 Å². The molecule has 0 aliphatic carbocycles. The molecule has 0 saturated carbocycles. The second kappa shape index (κ2) is 6.85. The van der Waals surface area contributed by atoms with Gasteiger partial charge in [-0.3, -0.25) is 4.79 Å². The lowest BCUT2D eigenvalue weighted by molar-refractivity contribution is -0.118. The second-order valence-electron chi connectivity index (χ2n) is 3.51. The summed E-state index contributed by atoms with van der Waals surface area (Å²) in [4.78, 5) is 10.6. The highest BCUT2D eigenvalue weighted by Gasteiger charge is 1.95. The van der Waals surface area contributed by atoms with Gasteiger partial charge in [-0.2, -0.15) is 0 Å². The first-order chi connectivity index (χ1) is 7.72. The van der Waals surface area contributed by atoms with Gasteiger partial charge in [-0.25, -0.2) is 0 Å². The largest absolute Gasteiger partial charge is 0.497 e. The van der Waals surface area contributed by atoms with Crippen LogP contribution in [0.25, 0.3) is 0 Å². The van der Waals surface area contributed by atoms with Gasteiger partial charge < -0.3 is 15.4 Å². The number of hydrogen-bond donors (Lipinski definition) is 2. The molecule has 0 aliphatic rings. The van der Waals surface area contributed by atoms with Crippen molar-refractivity contribution < 1.29 is 9.53 Å². The third kappa shape index (κ3) is 4.79. The predicted molar refractivity (Wildman–Crippen MR) is 63.4 cm³/mol. The Bertz CT molecular complexity index is 340. The van der Waals surface area contributed by atoms with Gasteiger partial charge in [0.05, 0.1) is 7.11 Å². The van der Waals surface area contributed by atoms with Gasteiger partial charge in [-0.1, -0.05) is 12.1 Å². The monoisotopic (exact) mass is 222 g/mol. The van der Waals surface area contributed by atoms with E-state index in [1.165, 1.54) is 12.5 Å². The van der Waals surface area contributed by atoms with Crippen molar-refractivity contribution in [3.05, 3.63) is 29.8 Å². The number of amides is 1. The summed E-state index contributed by atoms with van der Waals surface area (Å²) < 4.78 is 5.13. The van der Waals surface area contributed by atoms with Crippen molar-refractivity contribution in [2.24, 2.45) is 0 Å². The zero-order chi connectivity index (χ0) is 11.8. The lowest BCUT2D eigenvalue weighted by Gasteiger charge is -2.06. The first kappa shape index (κ1) is 12.5. The van der Waals surface area contributed by atoms with Gasteiger partial charge in [0.2, 0.25) is 5.91 Å². The Morgan fingerprint density at radius 2 is 2.19 bits per heavy atom. The highest BCUT2D eigenvalue weighted by molar-refractivity contribution is 5.72. The van der Waals surface area contributed by atoms with Gasteiger partial charge in [-0.15, -0.1) is 0 Å². The molecule has 0 fully saturated rings. The number of hydrogen-bond acceptors (Lipinski definition) is 3. The van der Waals surface area contributed by atoms with Crippen molar-refractivity contribution in [3.63, 3.8) is 0 Å². The van der Waals surface area contributed by atoms with Crippen LogP contribution < -0.4 is 15.4 Å². The van der Waals surface area contributed by atoms with Crippen LogP contribution in [0.4, 0.5) is 0 Å². The molecule has 0 heterocycles. The molecule has 4 nitrogen and oxygen atoms in total. The smallest absolute Gasteiger partial charge is 0.216 e. The second-order valence-corrected chi connectivity index (χ2v) is 3.51. The zero-order valence-electron chi connectivity index (χ0n) is 9.75. The van der Waals surface area contributed by atoms with Crippen LogP contribution in [0.3, 0.4) is 0 Å². The van der Waals surface area contributed by atoms with E-state index in [0.29, 0.717) is 6.54 Å². The van der Waals surface area contributed by atoms with E-state index < -0.39 is 0 Å². The predicted octanol–water partition coefficient (Wildman–Crippen LogP) is 0.921. The van der Waals surface area contributed by atoms with Gasteiger partial charge in [0.15, 0.2) is 0 Å². The lowest BCUT2D eigenvalue weighted by atomic mass is 10.2. The van der Waals surface area contributed by atoms with E-state index in [1.807, 2.05) is 24.3 Å². The fourth-order valence-corrected chi connectivity index (χ4v) is 1.34. The van der Waals surface area contributed by atoms with E-state index >= 15 is 0 Å². The average Bonchev–Trinajstić information content (AvgIpc) is 2.28. The molecule has 2 N–H and O–H groups in total. The quantitative estimate of drug-likeness (QED) is 0.704. The Balaban J connectivity index is 2.23. The fraction of sp³-hybridized carbons (Fsp3) is 0.417. The summed E-state index contributed by atoms with van der Waals surface area (Å²) in [5.41, 5.74) is 1.17. The molecule has 0 atom stereocenters. The van der Waals surface area contributed by atoms with Gasteiger partial charge in [-0.05, 0) is 17.7 Å². The Morgan fingerprint density at radius 1 is 1.38 bits per heavy atom. The summed E-state index contributed by atoms with van der Waals surface area (Å²) in [6, 6.07) is 7.91. The van der Waals surface area contributed by atoms with Gasteiger partial charge >= 0.3 is 0 Å². The van der Waals surface area contributed by atoms with E-state index in [0.717, 1.165) is 18.8 Å². The highest BCUT2D eigenvalue weighted by Crippen LogP contribution is 2.11. The highest BCUT2D eigenvalue weighted by atomic mass is 16.5. The van der Waals surface area contributed by atoms with Gasteiger partial charge in [0.1, 0.15) is 5.75 Å². The normalized spacial score (nSPS) is 9.88. The Hall–Kier alpha value is -1.55. The molecule has 88 valence electrons. The number of carbonyl (C=O) groups is 1. The van der Waals surface area contributed by atoms with E-state index in [4.69, 9.17) is 4.74 Å². The summed E-state index contributed by atoms with van der Waals surface area (Å²) in [6.07, 6.45) is 0. The van der Waals surface area contributed by atoms with Crippen molar-refractivity contribution in [3.8, 4) is 5.75 Å². The summed E-state index contributed by atoms with van der Waals surface area (Å²) >= 11 is 0. The summed E-state index contributed by atoms with van der Waals surface area (Å²) in [6.45, 7) is 3.70.